The van der Waals surface area contributed by atoms with E-state index in [4.69, 9.17) is 5.73 Å². The minimum atomic E-state index is 0.784. The predicted molar refractivity (Wildman–Crippen MR) is 63.6 cm³/mol. The Balaban J connectivity index is 2.49. The summed E-state index contributed by atoms with van der Waals surface area (Å²) < 4.78 is 0. The van der Waals surface area contributed by atoms with Gasteiger partial charge in [0.05, 0.1) is 5.69 Å². The molecule has 1 aromatic heterocycles. The van der Waals surface area contributed by atoms with E-state index in [1.54, 1.807) is 0 Å². The predicted octanol–water partition coefficient (Wildman–Crippen LogP) is 2.95. The Morgan fingerprint density at radius 2 is 1.73 bits per heavy atom. The molecule has 0 aliphatic heterocycles. The summed E-state index contributed by atoms with van der Waals surface area (Å²) in [5.74, 6) is 0. The summed E-state index contributed by atoms with van der Waals surface area (Å²) >= 11 is 0. The summed E-state index contributed by atoms with van der Waals surface area (Å²) in [5.41, 5.74) is 11.0. The Hall–Kier alpha value is -1.83. The highest BCUT2D eigenvalue weighted by molar-refractivity contribution is 5.74. The zero-order valence-electron chi connectivity index (χ0n) is 8.99. The molecule has 2 N–H and O–H groups in total. The molecule has 0 amide bonds. The van der Waals surface area contributed by atoms with Crippen LogP contribution in [0.3, 0.4) is 0 Å². The molecule has 2 heteroatoms. The Labute approximate surface area is 89.8 Å². The van der Waals surface area contributed by atoms with E-state index in [1.165, 1.54) is 5.56 Å². The first-order valence-corrected chi connectivity index (χ1v) is 4.96. The van der Waals surface area contributed by atoms with Gasteiger partial charge in [0.15, 0.2) is 0 Å². The molecule has 0 fully saturated rings. The Bertz CT molecular complexity index is 472. The topological polar surface area (TPSA) is 38.9 Å². The third-order valence-corrected chi connectivity index (χ3v) is 2.39. The summed E-state index contributed by atoms with van der Waals surface area (Å²) in [6.07, 6.45) is 1.86. The summed E-state index contributed by atoms with van der Waals surface area (Å²) in [6.45, 7) is 4.05. The lowest BCUT2D eigenvalue weighted by molar-refractivity contribution is 1.27. The van der Waals surface area contributed by atoms with E-state index in [0.717, 1.165) is 22.5 Å². The maximum atomic E-state index is 5.95. The number of nitrogens with two attached hydrogens (primary N) is 1. The van der Waals surface area contributed by atoms with Gasteiger partial charge in [0, 0.05) is 17.4 Å². The first-order chi connectivity index (χ1) is 7.16. The molecule has 0 radical (unpaired) electrons. The van der Waals surface area contributed by atoms with E-state index in [1.807, 2.05) is 50.4 Å². The van der Waals surface area contributed by atoms with Crippen LogP contribution in [0.5, 0.6) is 0 Å². The molecule has 0 saturated heterocycles. The molecule has 0 bridgehead atoms. The summed E-state index contributed by atoms with van der Waals surface area (Å²) in [4.78, 5) is 4.36. The van der Waals surface area contributed by atoms with Crippen LogP contribution in [0.2, 0.25) is 0 Å². The molecule has 0 aliphatic rings. The number of benzene rings is 1. The van der Waals surface area contributed by atoms with E-state index in [0.29, 0.717) is 0 Å². The molecule has 0 unspecified atom stereocenters. The highest BCUT2D eigenvalue weighted by Crippen LogP contribution is 2.24. The van der Waals surface area contributed by atoms with Crippen LogP contribution < -0.4 is 5.73 Å². The largest absolute Gasteiger partial charge is 0.398 e. The van der Waals surface area contributed by atoms with Gasteiger partial charge in [-0.3, -0.25) is 4.98 Å². The van der Waals surface area contributed by atoms with Gasteiger partial charge in [0.25, 0.3) is 0 Å². The Morgan fingerprint density at radius 1 is 1.00 bits per heavy atom. The standard InChI is InChI=1S/C13H14N2/c1-9-3-5-11(12(14)7-9)13-6-4-10(2)8-15-13/h3-8H,14H2,1-2H3. The second-order valence-corrected chi connectivity index (χ2v) is 3.81. The molecule has 0 spiro atoms. The fraction of sp³-hybridized carbons (Fsp3) is 0.154. The van der Waals surface area contributed by atoms with Crippen molar-refractivity contribution in [1.29, 1.82) is 0 Å². The molecule has 1 aromatic carbocycles. The second-order valence-electron chi connectivity index (χ2n) is 3.81. The van der Waals surface area contributed by atoms with Crippen molar-refractivity contribution >= 4 is 5.69 Å². The first-order valence-electron chi connectivity index (χ1n) is 4.96. The molecule has 76 valence electrons. The van der Waals surface area contributed by atoms with Crippen molar-refractivity contribution in [3.05, 3.63) is 47.7 Å². The number of aromatic nitrogens is 1. The number of rotatable bonds is 1. The molecular weight excluding hydrogens is 184 g/mol. The lowest BCUT2D eigenvalue weighted by Crippen LogP contribution is -1.92. The van der Waals surface area contributed by atoms with E-state index in [9.17, 15) is 0 Å². The minimum absolute atomic E-state index is 0.784. The highest BCUT2D eigenvalue weighted by atomic mass is 14.7. The van der Waals surface area contributed by atoms with Gasteiger partial charge in [-0.05, 0) is 37.1 Å². The van der Waals surface area contributed by atoms with Crippen molar-refractivity contribution in [3.63, 3.8) is 0 Å². The quantitative estimate of drug-likeness (QED) is 0.715. The van der Waals surface area contributed by atoms with Crippen molar-refractivity contribution in [2.24, 2.45) is 0 Å². The number of aryl methyl sites for hydroxylation is 2. The maximum absolute atomic E-state index is 5.95. The number of anilines is 1. The van der Waals surface area contributed by atoms with Crippen molar-refractivity contribution in [3.8, 4) is 11.3 Å². The molecule has 2 nitrogen and oxygen atoms in total. The molecule has 2 aromatic rings. The van der Waals surface area contributed by atoms with Gasteiger partial charge in [-0.2, -0.15) is 0 Å². The fourth-order valence-corrected chi connectivity index (χ4v) is 1.54. The van der Waals surface area contributed by atoms with Crippen LogP contribution in [0.25, 0.3) is 11.3 Å². The summed E-state index contributed by atoms with van der Waals surface area (Å²) in [5, 5.41) is 0. The highest BCUT2D eigenvalue weighted by Gasteiger charge is 2.03. The average Bonchev–Trinajstić information content (AvgIpc) is 2.20. The SMILES string of the molecule is Cc1ccc(-c2ccc(C)cc2N)nc1. The van der Waals surface area contributed by atoms with Crippen molar-refractivity contribution in [2.75, 3.05) is 5.73 Å². The molecule has 1 heterocycles. The van der Waals surface area contributed by atoms with Gasteiger partial charge in [-0.1, -0.05) is 18.2 Å². The number of nitrogens with zero attached hydrogens (tertiary/aromatic N) is 1. The van der Waals surface area contributed by atoms with E-state index < -0.39 is 0 Å². The van der Waals surface area contributed by atoms with Crippen molar-refractivity contribution in [2.45, 2.75) is 13.8 Å². The molecule has 0 atom stereocenters. The first kappa shape index (κ1) is 9.71. The van der Waals surface area contributed by atoms with Crippen LogP contribution in [0.1, 0.15) is 11.1 Å². The molecule has 15 heavy (non-hydrogen) atoms. The fourth-order valence-electron chi connectivity index (χ4n) is 1.54. The molecule has 0 aliphatic carbocycles. The van der Waals surface area contributed by atoms with Crippen molar-refractivity contribution in [1.82, 2.24) is 4.98 Å². The van der Waals surface area contributed by atoms with Gasteiger partial charge in [0.1, 0.15) is 0 Å². The average molecular weight is 198 g/mol. The smallest absolute Gasteiger partial charge is 0.0722 e. The summed E-state index contributed by atoms with van der Waals surface area (Å²) in [6, 6.07) is 10.1. The van der Waals surface area contributed by atoms with Crippen LogP contribution in [0.15, 0.2) is 36.5 Å². The normalized spacial score (nSPS) is 10.3. The minimum Gasteiger partial charge on any atom is -0.398 e. The van der Waals surface area contributed by atoms with Gasteiger partial charge in [0.2, 0.25) is 0 Å². The lowest BCUT2D eigenvalue weighted by Gasteiger charge is -2.06. The van der Waals surface area contributed by atoms with Crippen LogP contribution >= 0.6 is 0 Å². The second kappa shape index (κ2) is 3.73. The van der Waals surface area contributed by atoms with Crippen LogP contribution in [-0.4, -0.2) is 4.98 Å². The van der Waals surface area contributed by atoms with E-state index >= 15 is 0 Å². The number of hydrogen-bond donors (Lipinski definition) is 1. The van der Waals surface area contributed by atoms with Gasteiger partial charge in [-0.25, -0.2) is 0 Å². The maximum Gasteiger partial charge on any atom is 0.0722 e. The zero-order chi connectivity index (χ0) is 10.8. The van der Waals surface area contributed by atoms with E-state index in [2.05, 4.69) is 4.98 Å². The van der Waals surface area contributed by atoms with Crippen molar-refractivity contribution < 1.29 is 0 Å². The Morgan fingerprint density at radius 3 is 2.33 bits per heavy atom. The zero-order valence-corrected chi connectivity index (χ0v) is 8.99. The molecular formula is C13H14N2. The number of pyridine rings is 1. The van der Waals surface area contributed by atoms with Gasteiger partial charge >= 0.3 is 0 Å². The monoisotopic (exact) mass is 198 g/mol. The van der Waals surface area contributed by atoms with E-state index in [-0.39, 0.29) is 0 Å². The van der Waals surface area contributed by atoms with Crippen LogP contribution in [0.4, 0.5) is 5.69 Å². The van der Waals surface area contributed by atoms with Crippen LogP contribution in [-0.2, 0) is 0 Å². The molecule has 0 saturated carbocycles. The van der Waals surface area contributed by atoms with Gasteiger partial charge in [-0.15, -0.1) is 0 Å². The summed E-state index contributed by atoms with van der Waals surface area (Å²) in [7, 11) is 0. The Kier molecular flexibility index (Phi) is 2.42. The third-order valence-electron chi connectivity index (χ3n) is 2.39. The van der Waals surface area contributed by atoms with Gasteiger partial charge < -0.3 is 5.73 Å². The molecule has 2 rings (SSSR count). The van der Waals surface area contributed by atoms with Crippen LogP contribution in [0, 0.1) is 13.8 Å². The number of nitrogen functional groups attached to an aromatic ring is 1. The third kappa shape index (κ3) is 1.99. The lowest BCUT2D eigenvalue weighted by atomic mass is 10.1. The number of hydrogen-bond acceptors (Lipinski definition) is 2.